The van der Waals surface area contributed by atoms with Crippen molar-refractivity contribution in [3.63, 3.8) is 0 Å². The van der Waals surface area contributed by atoms with Crippen LogP contribution in [0.15, 0.2) is 53.1 Å². The summed E-state index contributed by atoms with van der Waals surface area (Å²) < 4.78 is 30.7. The van der Waals surface area contributed by atoms with Crippen molar-refractivity contribution in [2.45, 2.75) is 39.4 Å². The number of rotatable bonds is 6. The fourth-order valence-electron chi connectivity index (χ4n) is 3.71. The quantitative estimate of drug-likeness (QED) is 0.574. The second-order valence-corrected chi connectivity index (χ2v) is 7.73. The second kappa shape index (κ2) is 9.20. The maximum absolute atomic E-state index is 13.8. The Morgan fingerprint density at radius 3 is 2.55 bits per heavy atom. The Bertz CT molecular complexity index is 1040. The highest BCUT2D eigenvalue weighted by Gasteiger charge is 2.27. The third kappa shape index (κ3) is 4.87. The molecule has 4 rings (SSSR count). The van der Waals surface area contributed by atoms with E-state index in [1.54, 1.807) is 29.2 Å². The number of carbonyl (C=O) groups is 1. The van der Waals surface area contributed by atoms with Gasteiger partial charge in [0.15, 0.2) is 23.0 Å². The molecule has 1 aliphatic heterocycles. The van der Waals surface area contributed by atoms with Gasteiger partial charge in [0.05, 0.1) is 0 Å². The van der Waals surface area contributed by atoms with E-state index in [9.17, 15) is 9.18 Å². The number of hydrogen-bond donors (Lipinski definition) is 0. The topological polar surface area (TPSA) is 64.8 Å². The van der Waals surface area contributed by atoms with E-state index in [1.165, 1.54) is 6.07 Å². The van der Waals surface area contributed by atoms with Crippen molar-refractivity contribution in [2.24, 2.45) is 0 Å². The van der Waals surface area contributed by atoms with Gasteiger partial charge in [0.2, 0.25) is 0 Å². The predicted octanol–water partition coefficient (Wildman–Crippen LogP) is 4.69. The molecule has 162 valence electrons. The largest absolute Gasteiger partial charge is 0.487 e. The number of hydrogen-bond acceptors (Lipinski definition) is 5. The lowest BCUT2D eigenvalue weighted by Gasteiger charge is -2.31. The number of nitrogens with zero attached hydrogens (tertiary/aromatic N) is 2. The van der Waals surface area contributed by atoms with Gasteiger partial charge in [-0.15, -0.1) is 0 Å². The van der Waals surface area contributed by atoms with Crippen LogP contribution in [-0.4, -0.2) is 35.2 Å². The minimum atomic E-state index is -0.376. The summed E-state index contributed by atoms with van der Waals surface area (Å²) in [7, 11) is 0. The number of piperidine rings is 1. The Kier molecular flexibility index (Phi) is 6.21. The highest BCUT2D eigenvalue weighted by molar-refractivity contribution is 5.92. The Hall–Kier alpha value is -3.35. The molecule has 0 radical (unpaired) electrons. The minimum Gasteiger partial charge on any atom is -0.487 e. The van der Waals surface area contributed by atoms with Gasteiger partial charge in [-0.05, 0) is 37.1 Å². The van der Waals surface area contributed by atoms with Crippen LogP contribution >= 0.6 is 0 Å². The molecule has 0 spiro atoms. The summed E-state index contributed by atoms with van der Waals surface area (Å²) in [4.78, 5) is 14.5. The highest BCUT2D eigenvalue weighted by Crippen LogP contribution is 2.25. The molecule has 0 unspecified atom stereocenters. The molecule has 0 atom stereocenters. The molecular formula is C24H25FN2O4. The third-order valence-electron chi connectivity index (χ3n) is 5.41. The standard InChI is InChI=1S/C24H25FN2O4/c1-16-6-5-7-17(2)23(16)29-15-19-14-21(26-31-19)24(28)27-12-10-18(11-13-27)30-22-9-4-3-8-20(22)25/h3-9,14,18H,10-13,15H2,1-2H3. The van der Waals surface area contributed by atoms with Crippen LogP contribution in [0.5, 0.6) is 11.5 Å². The monoisotopic (exact) mass is 424 g/mol. The van der Waals surface area contributed by atoms with Gasteiger partial charge in [0, 0.05) is 32.0 Å². The van der Waals surface area contributed by atoms with Gasteiger partial charge in [0.1, 0.15) is 18.5 Å². The van der Waals surface area contributed by atoms with Gasteiger partial charge >= 0.3 is 0 Å². The van der Waals surface area contributed by atoms with E-state index >= 15 is 0 Å². The number of amides is 1. The molecule has 0 saturated carbocycles. The normalized spacial score (nSPS) is 14.5. The summed E-state index contributed by atoms with van der Waals surface area (Å²) in [6.07, 6.45) is 1.13. The van der Waals surface area contributed by atoms with Crippen molar-refractivity contribution in [1.29, 1.82) is 0 Å². The number of aromatic nitrogens is 1. The molecule has 1 aromatic heterocycles. The molecule has 31 heavy (non-hydrogen) atoms. The molecule has 1 saturated heterocycles. The first-order valence-corrected chi connectivity index (χ1v) is 10.4. The van der Waals surface area contributed by atoms with Crippen LogP contribution in [0.3, 0.4) is 0 Å². The van der Waals surface area contributed by atoms with E-state index < -0.39 is 0 Å². The van der Waals surface area contributed by atoms with E-state index in [0.29, 0.717) is 31.7 Å². The molecule has 3 aromatic rings. The summed E-state index contributed by atoms with van der Waals surface area (Å²) in [5.41, 5.74) is 2.33. The maximum Gasteiger partial charge on any atom is 0.276 e. The molecular weight excluding hydrogens is 399 g/mol. The lowest BCUT2D eigenvalue weighted by Crippen LogP contribution is -2.42. The molecule has 0 aliphatic carbocycles. The number of ether oxygens (including phenoxy) is 2. The lowest BCUT2D eigenvalue weighted by molar-refractivity contribution is 0.0579. The lowest BCUT2D eigenvalue weighted by atomic mass is 10.1. The van der Waals surface area contributed by atoms with E-state index in [1.807, 2.05) is 32.0 Å². The van der Waals surface area contributed by atoms with Crippen LogP contribution in [0.4, 0.5) is 4.39 Å². The molecule has 1 aliphatic rings. The highest BCUT2D eigenvalue weighted by atomic mass is 19.1. The summed E-state index contributed by atoms with van der Waals surface area (Å²) in [6.45, 7) is 5.19. The van der Waals surface area contributed by atoms with Gasteiger partial charge in [-0.3, -0.25) is 4.79 Å². The number of likely N-dealkylation sites (tertiary alicyclic amines) is 1. The fraction of sp³-hybridized carbons (Fsp3) is 0.333. The van der Waals surface area contributed by atoms with Crippen molar-refractivity contribution in [3.8, 4) is 11.5 Å². The third-order valence-corrected chi connectivity index (χ3v) is 5.41. The predicted molar refractivity (Wildman–Crippen MR) is 113 cm³/mol. The van der Waals surface area contributed by atoms with Crippen molar-refractivity contribution >= 4 is 5.91 Å². The SMILES string of the molecule is Cc1cccc(C)c1OCc1cc(C(=O)N2CCC(Oc3ccccc3F)CC2)no1. The van der Waals surface area contributed by atoms with Crippen LogP contribution < -0.4 is 9.47 Å². The van der Waals surface area contributed by atoms with Gasteiger partial charge in [-0.25, -0.2) is 4.39 Å². The summed E-state index contributed by atoms with van der Waals surface area (Å²) in [5.74, 6) is 0.982. The number of aryl methyl sites for hydroxylation is 2. The van der Waals surface area contributed by atoms with Crippen molar-refractivity contribution in [3.05, 3.63) is 76.9 Å². The van der Waals surface area contributed by atoms with E-state index in [0.717, 1.165) is 16.9 Å². The van der Waals surface area contributed by atoms with Gasteiger partial charge in [-0.2, -0.15) is 0 Å². The van der Waals surface area contributed by atoms with Gasteiger partial charge < -0.3 is 18.9 Å². The zero-order valence-corrected chi connectivity index (χ0v) is 17.6. The second-order valence-electron chi connectivity index (χ2n) is 7.73. The Morgan fingerprint density at radius 1 is 1.13 bits per heavy atom. The summed E-state index contributed by atoms with van der Waals surface area (Å²) >= 11 is 0. The molecule has 0 bridgehead atoms. The number of benzene rings is 2. The maximum atomic E-state index is 13.8. The summed E-state index contributed by atoms with van der Waals surface area (Å²) in [6, 6.07) is 13.9. The zero-order chi connectivity index (χ0) is 21.8. The van der Waals surface area contributed by atoms with Crippen LogP contribution in [0.2, 0.25) is 0 Å². The van der Waals surface area contributed by atoms with Crippen LogP contribution in [0, 0.1) is 19.7 Å². The molecule has 1 amide bonds. The minimum absolute atomic E-state index is 0.125. The van der Waals surface area contributed by atoms with E-state index in [4.69, 9.17) is 14.0 Å². The number of para-hydroxylation sites is 2. The molecule has 2 heterocycles. The van der Waals surface area contributed by atoms with Gasteiger partial charge in [-0.1, -0.05) is 35.5 Å². The average Bonchev–Trinajstić information content (AvgIpc) is 3.24. The molecule has 0 N–H and O–H groups in total. The van der Waals surface area contributed by atoms with Crippen molar-refractivity contribution < 1.29 is 23.2 Å². The Labute approximate surface area is 180 Å². The van der Waals surface area contributed by atoms with Crippen molar-refractivity contribution in [1.82, 2.24) is 10.1 Å². The first-order chi connectivity index (χ1) is 15.0. The fourth-order valence-corrected chi connectivity index (χ4v) is 3.71. The Balaban J connectivity index is 1.30. The molecule has 6 nitrogen and oxygen atoms in total. The smallest absolute Gasteiger partial charge is 0.276 e. The van der Waals surface area contributed by atoms with E-state index in [2.05, 4.69) is 5.16 Å². The van der Waals surface area contributed by atoms with Crippen molar-refractivity contribution in [2.75, 3.05) is 13.1 Å². The number of carbonyl (C=O) groups excluding carboxylic acids is 1. The van der Waals surface area contributed by atoms with Gasteiger partial charge in [0.25, 0.3) is 5.91 Å². The Morgan fingerprint density at radius 2 is 1.84 bits per heavy atom. The zero-order valence-electron chi connectivity index (χ0n) is 17.6. The molecule has 1 fully saturated rings. The van der Waals surface area contributed by atoms with Crippen LogP contribution in [0.1, 0.15) is 40.2 Å². The number of halogens is 1. The molecule has 7 heteroatoms. The first-order valence-electron chi connectivity index (χ1n) is 10.4. The average molecular weight is 424 g/mol. The van der Waals surface area contributed by atoms with E-state index in [-0.39, 0.29) is 35.9 Å². The van der Waals surface area contributed by atoms with Crippen LogP contribution in [-0.2, 0) is 6.61 Å². The summed E-state index contributed by atoms with van der Waals surface area (Å²) in [5, 5.41) is 3.92. The van der Waals surface area contributed by atoms with Crippen LogP contribution in [0.25, 0.3) is 0 Å². The molecule has 2 aromatic carbocycles. The first kappa shape index (κ1) is 20.9.